The van der Waals surface area contributed by atoms with Gasteiger partial charge in [-0.1, -0.05) is 6.92 Å². The number of carbonyl (C=O) groups excluding carboxylic acids is 1. The zero-order chi connectivity index (χ0) is 8.97. The largest absolute Gasteiger partial charge is 0.304 e. The Labute approximate surface area is 74.3 Å². The van der Waals surface area contributed by atoms with Crippen molar-refractivity contribution in [3.05, 3.63) is 0 Å². The number of hydrogen-bond acceptors (Lipinski definition) is 3. The van der Waals surface area contributed by atoms with E-state index in [1.165, 1.54) is 0 Å². The quantitative estimate of drug-likeness (QED) is 0.599. The number of piperazine rings is 1. The molecule has 3 heteroatoms. The lowest BCUT2D eigenvalue weighted by molar-refractivity contribution is 0.133. The molecule has 1 aliphatic heterocycles. The molecule has 0 spiro atoms. The molecule has 0 aromatic rings. The smallest absolute Gasteiger partial charge is 0.217 e. The fraction of sp³-hybridized carbons (Fsp3) is 0.889. The van der Waals surface area contributed by atoms with Crippen LogP contribution in [0.25, 0.3) is 0 Å². The third-order valence-electron chi connectivity index (χ3n) is 2.50. The van der Waals surface area contributed by atoms with Crippen LogP contribution >= 0.6 is 0 Å². The van der Waals surface area contributed by atoms with Gasteiger partial charge in [0.15, 0.2) is 0 Å². The maximum atomic E-state index is 10.5. The van der Waals surface area contributed by atoms with Crippen LogP contribution in [0, 0.1) is 0 Å². The Balaban J connectivity index is 2.37. The molecular formula is C9H17N2O. The predicted octanol–water partition coefficient (Wildman–Crippen LogP) is 0.122. The molecule has 0 bridgehead atoms. The van der Waals surface area contributed by atoms with Crippen LogP contribution in [0.1, 0.15) is 13.3 Å². The van der Waals surface area contributed by atoms with E-state index >= 15 is 0 Å². The molecule has 1 radical (unpaired) electrons. The van der Waals surface area contributed by atoms with E-state index in [1.807, 2.05) is 6.92 Å². The second kappa shape index (κ2) is 4.58. The minimum Gasteiger partial charge on any atom is -0.304 e. The molecule has 0 aromatic heterocycles. The van der Waals surface area contributed by atoms with E-state index in [0.717, 1.165) is 32.6 Å². The van der Waals surface area contributed by atoms with Crippen LogP contribution < -0.4 is 0 Å². The molecule has 0 aliphatic carbocycles. The lowest BCUT2D eigenvalue weighted by Crippen LogP contribution is -2.49. The normalized spacial score (nSPS) is 23.8. The average Bonchev–Trinajstić information content (AvgIpc) is 2.10. The molecule has 1 saturated heterocycles. The van der Waals surface area contributed by atoms with Gasteiger partial charge in [0.05, 0.1) is 6.04 Å². The van der Waals surface area contributed by atoms with Crippen molar-refractivity contribution in [3.63, 3.8) is 0 Å². The first-order chi connectivity index (χ1) is 5.77. The minimum absolute atomic E-state index is 0.0266. The molecule has 1 rings (SSSR count). The van der Waals surface area contributed by atoms with E-state index in [2.05, 4.69) is 23.1 Å². The first-order valence-electron chi connectivity index (χ1n) is 4.58. The third-order valence-corrected chi connectivity index (χ3v) is 2.50. The van der Waals surface area contributed by atoms with Gasteiger partial charge in [-0.2, -0.15) is 0 Å². The Bertz CT molecular complexity index is 141. The van der Waals surface area contributed by atoms with Gasteiger partial charge in [0.25, 0.3) is 0 Å². The van der Waals surface area contributed by atoms with E-state index in [0.29, 0.717) is 0 Å². The topological polar surface area (TPSA) is 23.6 Å². The minimum atomic E-state index is 0.0266. The predicted molar refractivity (Wildman–Crippen MR) is 48.8 cm³/mol. The summed E-state index contributed by atoms with van der Waals surface area (Å²) in [5.74, 6) is 0. The van der Waals surface area contributed by atoms with Crippen LogP contribution in [-0.4, -0.2) is 55.4 Å². The monoisotopic (exact) mass is 169 g/mol. The highest BCUT2D eigenvalue weighted by atomic mass is 16.1. The average molecular weight is 169 g/mol. The molecule has 0 N–H and O–H groups in total. The van der Waals surface area contributed by atoms with Gasteiger partial charge in [-0.25, -0.2) is 0 Å². The van der Waals surface area contributed by atoms with Crippen molar-refractivity contribution in [1.29, 1.82) is 0 Å². The van der Waals surface area contributed by atoms with E-state index in [-0.39, 0.29) is 6.04 Å². The first-order valence-corrected chi connectivity index (χ1v) is 4.58. The Kier molecular flexibility index (Phi) is 3.69. The van der Waals surface area contributed by atoms with Crippen LogP contribution in [0.5, 0.6) is 0 Å². The van der Waals surface area contributed by atoms with Crippen LogP contribution in [0.3, 0.4) is 0 Å². The third kappa shape index (κ3) is 2.29. The molecule has 1 atom stereocenters. The molecule has 0 saturated carbocycles. The fourth-order valence-corrected chi connectivity index (χ4v) is 1.55. The summed E-state index contributed by atoms with van der Waals surface area (Å²) >= 11 is 0. The molecule has 0 amide bonds. The van der Waals surface area contributed by atoms with E-state index in [9.17, 15) is 4.79 Å². The summed E-state index contributed by atoms with van der Waals surface area (Å²) in [6.07, 6.45) is 2.98. The zero-order valence-corrected chi connectivity index (χ0v) is 7.92. The Hall–Kier alpha value is -0.410. The van der Waals surface area contributed by atoms with Gasteiger partial charge >= 0.3 is 0 Å². The van der Waals surface area contributed by atoms with Crippen molar-refractivity contribution in [1.82, 2.24) is 9.80 Å². The summed E-state index contributed by atoms with van der Waals surface area (Å²) in [5.41, 5.74) is 0. The Morgan fingerprint density at radius 2 is 1.92 bits per heavy atom. The SMILES string of the molecule is CCC([C]=O)N1CCN(C)CC1. The van der Waals surface area contributed by atoms with Gasteiger partial charge in [-0.3, -0.25) is 9.69 Å². The molecule has 12 heavy (non-hydrogen) atoms. The Morgan fingerprint density at radius 3 is 2.33 bits per heavy atom. The van der Waals surface area contributed by atoms with Gasteiger partial charge in [0.2, 0.25) is 6.29 Å². The molecule has 1 unspecified atom stereocenters. The molecule has 1 fully saturated rings. The number of nitrogens with zero attached hydrogens (tertiary/aromatic N) is 2. The number of hydrogen-bond donors (Lipinski definition) is 0. The van der Waals surface area contributed by atoms with Gasteiger partial charge in [0, 0.05) is 26.2 Å². The summed E-state index contributed by atoms with van der Waals surface area (Å²) in [6.45, 7) is 6.18. The second-order valence-electron chi connectivity index (χ2n) is 3.38. The summed E-state index contributed by atoms with van der Waals surface area (Å²) in [7, 11) is 2.11. The summed E-state index contributed by atoms with van der Waals surface area (Å²) < 4.78 is 0. The molecule has 69 valence electrons. The van der Waals surface area contributed by atoms with Crippen molar-refractivity contribution in [2.75, 3.05) is 33.2 Å². The van der Waals surface area contributed by atoms with E-state index in [1.54, 1.807) is 0 Å². The lowest BCUT2D eigenvalue weighted by atomic mass is 10.2. The van der Waals surface area contributed by atoms with E-state index in [4.69, 9.17) is 0 Å². The molecule has 1 heterocycles. The van der Waals surface area contributed by atoms with Gasteiger partial charge in [0.1, 0.15) is 0 Å². The molecule has 0 aromatic carbocycles. The van der Waals surface area contributed by atoms with Crippen LogP contribution in [0.2, 0.25) is 0 Å². The number of rotatable bonds is 3. The maximum absolute atomic E-state index is 10.5. The lowest BCUT2D eigenvalue weighted by Gasteiger charge is -2.34. The van der Waals surface area contributed by atoms with Crippen molar-refractivity contribution < 1.29 is 4.79 Å². The number of likely N-dealkylation sites (N-methyl/N-ethyl adjacent to an activating group) is 1. The highest BCUT2D eigenvalue weighted by Crippen LogP contribution is 2.05. The summed E-state index contributed by atoms with van der Waals surface area (Å²) in [4.78, 5) is 15.0. The first kappa shape index (κ1) is 9.68. The van der Waals surface area contributed by atoms with Crippen LogP contribution in [0.4, 0.5) is 0 Å². The molecular weight excluding hydrogens is 152 g/mol. The van der Waals surface area contributed by atoms with Crippen molar-refractivity contribution in [2.45, 2.75) is 19.4 Å². The Morgan fingerprint density at radius 1 is 1.33 bits per heavy atom. The summed E-state index contributed by atoms with van der Waals surface area (Å²) in [6, 6.07) is 0.0266. The standard InChI is InChI=1S/C9H17N2O/c1-3-9(8-12)11-6-4-10(2)5-7-11/h9H,3-7H2,1-2H3. The van der Waals surface area contributed by atoms with Crippen molar-refractivity contribution >= 4 is 6.29 Å². The second-order valence-corrected chi connectivity index (χ2v) is 3.38. The van der Waals surface area contributed by atoms with Crippen LogP contribution in [0.15, 0.2) is 0 Å². The molecule has 3 nitrogen and oxygen atoms in total. The zero-order valence-electron chi connectivity index (χ0n) is 7.92. The van der Waals surface area contributed by atoms with E-state index < -0.39 is 0 Å². The van der Waals surface area contributed by atoms with Crippen molar-refractivity contribution in [2.24, 2.45) is 0 Å². The highest BCUT2D eigenvalue weighted by Gasteiger charge is 2.20. The highest BCUT2D eigenvalue weighted by molar-refractivity contribution is 5.58. The van der Waals surface area contributed by atoms with Gasteiger partial charge in [-0.15, -0.1) is 0 Å². The fourth-order valence-electron chi connectivity index (χ4n) is 1.55. The maximum Gasteiger partial charge on any atom is 0.217 e. The summed E-state index contributed by atoms with van der Waals surface area (Å²) in [5, 5.41) is 0. The van der Waals surface area contributed by atoms with Gasteiger partial charge in [-0.05, 0) is 13.5 Å². The van der Waals surface area contributed by atoms with Crippen molar-refractivity contribution in [3.8, 4) is 0 Å². The van der Waals surface area contributed by atoms with Gasteiger partial charge < -0.3 is 4.90 Å². The molecule has 1 aliphatic rings. The van der Waals surface area contributed by atoms with Crippen LogP contribution in [-0.2, 0) is 4.79 Å².